The van der Waals surface area contributed by atoms with Crippen LogP contribution in [0.25, 0.3) is 0 Å². The van der Waals surface area contributed by atoms with Crippen molar-refractivity contribution >= 4 is 23.5 Å². The Morgan fingerprint density at radius 3 is 2.36 bits per heavy atom. The zero-order valence-electron chi connectivity index (χ0n) is 20.5. The van der Waals surface area contributed by atoms with Crippen molar-refractivity contribution in [1.29, 1.82) is 5.26 Å². The van der Waals surface area contributed by atoms with Gasteiger partial charge in [-0.15, -0.1) is 0 Å². The van der Waals surface area contributed by atoms with Gasteiger partial charge >= 0.3 is 5.97 Å². The molecule has 8 nitrogen and oxygen atoms in total. The Balaban J connectivity index is 1.54. The Morgan fingerprint density at radius 2 is 1.72 bits per heavy atom. The van der Waals surface area contributed by atoms with Crippen LogP contribution in [0.15, 0.2) is 48.5 Å². The molecule has 2 aromatic carbocycles. The minimum absolute atomic E-state index is 0.00638. The predicted molar refractivity (Wildman–Crippen MR) is 131 cm³/mol. The normalized spacial score (nSPS) is 17.1. The van der Waals surface area contributed by atoms with Crippen LogP contribution in [0.3, 0.4) is 0 Å². The van der Waals surface area contributed by atoms with Gasteiger partial charge in [0.1, 0.15) is 11.6 Å². The molecular formula is C27H30FN3O5. The fraction of sp³-hybridized carbons (Fsp3) is 0.407. The van der Waals surface area contributed by atoms with E-state index in [4.69, 9.17) is 14.7 Å². The van der Waals surface area contributed by atoms with Crippen LogP contribution < -0.4 is 9.64 Å². The molecule has 0 N–H and O–H groups in total. The number of rotatable bonds is 9. The van der Waals surface area contributed by atoms with Crippen LogP contribution in [0.5, 0.6) is 5.75 Å². The third-order valence-electron chi connectivity index (χ3n) is 6.15. The van der Waals surface area contributed by atoms with E-state index in [1.54, 1.807) is 18.2 Å². The molecule has 0 saturated carbocycles. The lowest BCUT2D eigenvalue weighted by atomic mass is 9.97. The monoisotopic (exact) mass is 495 g/mol. The van der Waals surface area contributed by atoms with Crippen molar-refractivity contribution in [3.05, 3.63) is 59.9 Å². The number of ether oxygens (including phenoxy) is 2. The molecule has 0 aliphatic carbocycles. The number of piperidine rings is 1. The summed E-state index contributed by atoms with van der Waals surface area (Å²) in [6.07, 6.45) is 3.06. The van der Waals surface area contributed by atoms with Gasteiger partial charge in [0.15, 0.2) is 13.2 Å². The molecule has 1 saturated heterocycles. The number of halogens is 1. The van der Waals surface area contributed by atoms with Crippen LogP contribution in [-0.4, -0.2) is 54.5 Å². The van der Waals surface area contributed by atoms with Gasteiger partial charge in [-0.3, -0.25) is 9.59 Å². The van der Waals surface area contributed by atoms with Crippen molar-refractivity contribution in [2.24, 2.45) is 0 Å². The van der Waals surface area contributed by atoms with Crippen LogP contribution in [-0.2, 0) is 14.3 Å². The number of hydrogen-bond acceptors (Lipinski definition) is 6. The number of benzene rings is 2. The molecule has 1 aliphatic rings. The molecule has 2 aromatic rings. The van der Waals surface area contributed by atoms with Gasteiger partial charge in [0.2, 0.25) is 0 Å². The van der Waals surface area contributed by atoms with Crippen molar-refractivity contribution in [3.63, 3.8) is 0 Å². The van der Waals surface area contributed by atoms with Gasteiger partial charge in [0.25, 0.3) is 11.8 Å². The smallest absolute Gasteiger partial charge is 0.338 e. The van der Waals surface area contributed by atoms with Crippen molar-refractivity contribution in [3.8, 4) is 11.8 Å². The third-order valence-corrected chi connectivity index (χ3v) is 6.15. The van der Waals surface area contributed by atoms with Crippen LogP contribution in [0, 0.1) is 17.1 Å². The summed E-state index contributed by atoms with van der Waals surface area (Å²) < 4.78 is 24.9. The van der Waals surface area contributed by atoms with E-state index in [9.17, 15) is 18.8 Å². The summed E-state index contributed by atoms with van der Waals surface area (Å²) in [7, 11) is 0. The summed E-state index contributed by atoms with van der Waals surface area (Å²) in [5.74, 6) is -1.66. The minimum atomic E-state index is -0.740. The molecule has 2 unspecified atom stereocenters. The first-order chi connectivity index (χ1) is 17.3. The molecule has 3 rings (SSSR count). The number of carbonyl (C=O) groups is 3. The molecular weight excluding hydrogens is 465 g/mol. The molecule has 1 fully saturated rings. The SMILES string of the molecule is CC1CCCC(C)N1C(=O)COc1ccc(C(=O)OCC(=O)N(CCC#N)c2ccccc2F)cc1. The molecule has 1 heterocycles. The summed E-state index contributed by atoms with van der Waals surface area (Å²) in [6.45, 7) is 3.34. The van der Waals surface area contributed by atoms with E-state index in [1.165, 1.54) is 30.3 Å². The van der Waals surface area contributed by atoms with E-state index in [0.717, 1.165) is 24.2 Å². The summed E-state index contributed by atoms with van der Waals surface area (Å²) >= 11 is 0. The van der Waals surface area contributed by atoms with Crippen LogP contribution >= 0.6 is 0 Å². The number of likely N-dealkylation sites (tertiary alicyclic amines) is 1. The molecule has 0 bridgehead atoms. The second-order valence-corrected chi connectivity index (χ2v) is 8.72. The molecule has 2 amide bonds. The number of amides is 2. The predicted octanol–water partition coefficient (Wildman–Crippen LogP) is 4.10. The second kappa shape index (κ2) is 12.7. The standard InChI is InChI=1S/C27H30FN3O5/c1-19-7-5-8-20(2)31(19)26(33)18-35-22-13-11-21(12-14-22)27(34)36-17-25(32)30(16-6-15-29)24-10-4-3-9-23(24)28/h3-4,9-14,19-20H,5-8,16-18H2,1-2H3. The maximum Gasteiger partial charge on any atom is 0.338 e. The zero-order chi connectivity index (χ0) is 26.1. The average molecular weight is 496 g/mol. The fourth-order valence-electron chi connectivity index (χ4n) is 4.32. The Morgan fingerprint density at radius 1 is 1.06 bits per heavy atom. The molecule has 190 valence electrons. The largest absolute Gasteiger partial charge is 0.484 e. The molecule has 9 heteroatoms. The van der Waals surface area contributed by atoms with E-state index < -0.39 is 24.3 Å². The number of nitrogens with zero attached hydrogens (tertiary/aromatic N) is 3. The highest BCUT2D eigenvalue weighted by atomic mass is 19.1. The van der Waals surface area contributed by atoms with Crippen LogP contribution in [0.4, 0.5) is 10.1 Å². The van der Waals surface area contributed by atoms with Gasteiger partial charge in [-0.1, -0.05) is 12.1 Å². The Hall–Kier alpha value is -3.93. The van der Waals surface area contributed by atoms with Crippen LogP contribution in [0.1, 0.15) is 49.9 Å². The lowest BCUT2D eigenvalue weighted by Crippen LogP contribution is -2.49. The third kappa shape index (κ3) is 6.81. The maximum absolute atomic E-state index is 14.2. The van der Waals surface area contributed by atoms with Crippen LogP contribution in [0.2, 0.25) is 0 Å². The van der Waals surface area contributed by atoms with Gasteiger partial charge in [0.05, 0.1) is 23.7 Å². The number of esters is 1. The van der Waals surface area contributed by atoms with Crippen molar-refractivity contribution in [2.45, 2.75) is 51.6 Å². The minimum Gasteiger partial charge on any atom is -0.484 e. The topological polar surface area (TPSA) is 99.9 Å². The van der Waals surface area contributed by atoms with Crippen molar-refractivity contribution in [2.75, 3.05) is 24.7 Å². The molecule has 1 aliphatic heterocycles. The maximum atomic E-state index is 14.2. The molecule has 0 radical (unpaired) electrons. The highest BCUT2D eigenvalue weighted by molar-refractivity contribution is 5.97. The number of hydrogen-bond donors (Lipinski definition) is 0. The van der Waals surface area contributed by atoms with Gasteiger partial charge in [-0.05, 0) is 69.5 Å². The highest BCUT2D eigenvalue weighted by Crippen LogP contribution is 2.23. The summed E-state index contributed by atoms with van der Waals surface area (Å²) in [6, 6.07) is 14.0. The van der Waals surface area contributed by atoms with E-state index in [2.05, 4.69) is 0 Å². The number of anilines is 1. The zero-order valence-corrected chi connectivity index (χ0v) is 20.5. The highest BCUT2D eigenvalue weighted by Gasteiger charge is 2.29. The molecule has 36 heavy (non-hydrogen) atoms. The van der Waals surface area contributed by atoms with Crippen molar-refractivity contribution < 1.29 is 28.2 Å². The Bertz CT molecular complexity index is 1110. The van der Waals surface area contributed by atoms with E-state index in [0.29, 0.717) is 5.75 Å². The lowest BCUT2D eigenvalue weighted by Gasteiger charge is -2.38. The first-order valence-electron chi connectivity index (χ1n) is 11.9. The summed E-state index contributed by atoms with van der Waals surface area (Å²) in [5, 5.41) is 8.86. The van der Waals surface area contributed by atoms with Gasteiger partial charge in [0, 0.05) is 18.6 Å². The van der Waals surface area contributed by atoms with Crippen molar-refractivity contribution in [1.82, 2.24) is 4.90 Å². The van der Waals surface area contributed by atoms with Gasteiger partial charge < -0.3 is 19.3 Å². The lowest BCUT2D eigenvalue weighted by molar-refractivity contribution is -0.139. The van der Waals surface area contributed by atoms with E-state index >= 15 is 0 Å². The summed E-state index contributed by atoms with van der Waals surface area (Å²) in [4.78, 5) is 40.6. The first-order valence-corrected chi connectivity index (χ1v) is 11.9. The number of nitriles is 1. The van der Waals surface area contributed by atoms with Gasteiger partial charge in [-0.25, -0.2) is 9.18 Å². The van der Waals surface area contributed by atoms with Gasteiger partial charge in [-0.2, -0.15) is 5.26 Å². The molecule has 0 aromatic heterocycles. The number of para-hydroxylation sites is 1. The Kier molecular flexibility index (Phi) is 9.39. The summed E-state index contributed by atoms with van der Waals surface area (Å²) in [5.41, 5.74) is 0.201. The second-order valence-electron chi connectivity index (χ2n) is 8.72. The first kappa shape index (κ1) is 26.7. The number of carbonyl (C=O) groups excluding carboxylic acids is 3. The Labute approximate surface area is 210 Å². The quantitative estimate of drug-likeness (QED) is 0.486. The van der Waals surface area contributed by atoms with E-state index in [-0.39, 0.29) is 48.8 Å². The molecule has 2 atom stereocenters. The molecule has 0 spiro atoms. The van der Waals surface area contributed by atoms with E-state index in [1.807, 2.05) is 24.8 Å². The fourth-order valence-corrected chi connectivity index (χ4v) is 4.32. The average Bonchev–Trinajstić information content (AvgIpc) is 2.87.